The predicted octanol–water partition coefficient (Wildman–Crippen LogP) is 2.01. The van der Waals surface area contributed by atoms with E-state index in [-0.39, 0.29) is 30.2 Å². The third-order valence-electron chi connectivity index (χ3n) is 4.81. The first-order valence-corrected chi connectivity index (χ1v) is 9.41. The van der Waals surface area contributed by atoms with E-state index in [1.54, 1.807) is 31.2 Å². The van der Waals surface area contributed by atoms with E-state index in [0.717, 1.165) is 25.0 Å². The Labute approximate surface area is 163 Å². The molecule has 3 rings (SSSR count). The molecular formula is C21H25N3O4. The second-order valence-corrected chi connectivity index (χ2v) is 7.04. The molecule has 1 aromatic carbocycles. The van der Waals surface area contributed by atoms with Crippen molar-refractivity contribution in [3.8, 4) is 0 Å². The summed E-state index contributed by atoms with van der Waals surface area (Å²) >= 11 is 0. The Morgan fingerprint density at radius 3 is 2.57 bits per heavy atom. The smallest absolute Gasteiger partial charge is 0.274 e. The highest BCUT2D eigenvalue weighted by atomic mass is 16.5. The zero-order chi connectivity index (χ0) is 20.1. The highest BCUT2D eigenvalue weighted by molar-refractivity contribution is 6.04. The van der Waals surface area contributed by atoms with E-state index >= 15 is 0 Å². The van der Waals surface area contributed by atoms with Gasteiger partial charge in [-0.25, -0.2) is 0 Å². The molecule has 28 heavy (non-hydrogen) atoms. The summed E-state index contributed by atoms with van der Waals surface area (Å²) in [6.07, 6.45) is 1.98. The summed E-state index contributed by atoms with van der Waals surface area (Å²) in [4.78, 5) is 37.4. The number of carbonyl (C=O) groups excluding carboxylic acids is 2. The van der Waals surface area contributed by atoms with E-state index < -0.39 is 5.56 Å². The van der Waals surface area contributed by atoms with Crippen LogP contribution in [0.3, 0.4) is 0 Å². The average Bonchev–Trinajstić information content (AvgIpc) is 3.20. The van der Waals surface area contributed by atoms with Gasteiger partial charge in [-0.2, -0.15) is 0 Å². The van der Waals surface area contributed by atoms with Crippen molar-refractivity contribution in [2.75, 3.05) is 18.5 Å². The van der Waals surface area contributed by atoms with Crippen molar-refractivity contribution >= 4 is 17.5 Å². The molecule has 0 spiro atoms. The second kappa shape index (κ2) is 8.84. The fraction of sp³-hybridized carbons (Fsp3) is 0.381. The maximum atomic E-state index is 12.8. The lowest BCUT2D eigenvalue weighted by Gasteiger charge is -2.14. The minimum Gasteiger partial charge on any atom is -0.376 e. The number of hydrogen-bond donors (Lipinski definition) is 2. The first-order valence-electron chi connectivity index (χ1n) is 9.41. The number of pyridine rings is 1. The number of hydrogen-bond acceptors (Lipinski definition) is 4. The van der Waals surface area contributed by atoms with Gasteiger partial charge in [0.05, 0.1) is 6.10 Å². The quantitative estimate of drug-likeness (QED) is 0.799. The summed E-state index contributed by atoms with van der Waals surface area (Å²) in [5.74, 6) is -0.627. The number of anilines is 1. The van der Waals surface area contributed by atoms with Crippen LogP contribution in [0.5, 0.6) is 0 Å². The van der Waals surface area contributed by atoms with Gasteiger partial charge in [-0.15, -0.1) is 0 Å². The fourth-order valence-electron chi connectivity index (χ4n) is 3.09. The van der Waals surface area contributed by atoms with Gasteiger partial charge in [-0.1, -0.05) is 17.7 Å². The topological polar surface area (TPSA) is 89.4 Å². The monoisotopic (exact) mass is 383 g/mol. The van der Waals surface area contributed by atoms with E-state index in [2.05, 4.69) is 10.6 Å². The van der Waals surface area contributed by atoms with E-state index in [9.17, 15) is 14.4 Å². The molecule has 7 nitrogen and oxygen atoms in total. The van der Waals surface area contributed by atoms with Crippen LogP contribution in [0.2, 0.25) is 0 Å². The summed E-state index contributed by atoms with van der Waals surface area (Å²) in [5.41, 5.74) is 1.89. The number of nitrogens with one attached hydrogen (secondary N) is 2. The average molecular weight is 383 g/mol. The Morgan fingerprint density at radius 1 is 1.14 bits per heavy atom. The van der Waals surface area contributed by atoms with Crippen LogP contribution in [0.15, 0.2) is 41.2 Å². The molecule has 1 aromatic heterocycles. The van der Waals surface area contributed by atoms with Gasteiger partial charge < -0.3 is 19.9 Å². The molecule has 7 heteroatoms. The maximum absolute atomic E-state index is 12.8. The molecule has 1 atom stereocenters. The molecule has 2 amide bonds. The van der Waals surface area contributed by atoms with Gasteiger partial charge in [0, 0.05) is 24.4 Å². The van der Waals surface area contributed by atoms with E-state index in [1.165, 1.54) is 4.57 Å². The Hall–Kier alpha value is -2.93. The molecule has 0 aliphatic carbocycles. The molecular weight excluding hydrogens is 358 g/mol. The Morgan fingerprint density at radius 2 is 1.89 bits per heavy atom. The van der Waals surface area contributed by atoms with Crippen molar-refractivity contribution in [3.63, 3.8) is 0 Å². The van der Waals surface area contributed by atoms with Crippen LogP contribution in [0.1, 0.15) is 34.5 Å². The van der Waals surface area contributed by atoms with Gasteiger partial charge in [0.25, 0.3) is 11.5 Å². The van der Waals surface area contributed by atoms with Gasteiger partial charge >= 0.3 is 0 Å². The standard InChI is InChI=1S/C21H25N3O4/c1-14-5-8-16(9-6-14)20(26)23-18-10-7-15(2)24(21(18)27)13-19(25)22-12-17-4-3-11-28-17/h5-10,17H,3-4,11-13H2,1-2H3,(H,22,25)(H,23,26)/t17-/m0/s1. The first-order chi connectivity index (χ1) is 13.4. The Kier molecular flexibility index (Phi) is 6.26. The lowest BCUT2D eigenvalue weighted by Crippen LogP contribution is -2.37. The minimum absolute atomic E-state index is 0.0434. The van der Waals surface area contributed by atoms with Crippen LogP contribution in [0.4, 0.5) is 5.69 Å². The van der Waals surface area contributed by atoms with Crippen LogP contribution in [-0.4, -0.2) is 35.6 Å². The van der Waals surface area contributed by atoms with Crippen molar-refractivity contribution in [3.05, 3.63) is 63.6 Å². The Bertz CT molecular complexity index is 912. The van der Waals surface area contributed by atoms with E-state index in [1.807, 2.05) is 19.1 Å². The number of benzene rings is 1. The molecule has 1 aliphatic heterocycles. The number of aryl methyl sites for hydroxylation is 2. The minimum atomic E-state index is -0.410. The number of rotatable bonds is 6. The predicted molar refractivity (Wildman–Crippen MR) is 107 cm³/mol. The van der Waals surface area contributed by atoms with Gasteiger partial charge in [0.2, 0.25) is 5.91 Å². The highest BCUT2D eigenvalue weighted by Gasteiger charge is 2.17. The molecule has 0 saturated carbocycles. The van der Waals surface area contributed by atoms with Crippen LogP contribution < -0.4 is 16.2 Å². The highest BCUT2D eigenvalue weighted by Crippen LogP contribution is 2.11. The van der Waals surface area contributed by atoms with Crippen molar-refractivity contribution in [2.45, 2.75) is 39.3 Å². The molecule has 148 valence electrons. The number of aromatic nitrogens is 1. The largest absolute Gasteiger partial charge is 0.376 e. The molecule has 1 aliphatic rings. The molecule has 0 radical (unpaired) electrons. The number of nitrogens with zero attached hydrogens (tertiary/aromatic N) is 1. The molecule has 1 saturated heterocycles. The Balaban J connectivity index is 1.68. The molecule has 2 heterocycles. The van der Waals surface area contributed by atoms with Gasteiger partial charge in [0.15, 0.2) is 0 Å². The SMILES string of the molecule is Cc1ccc(C(=O)Nc2ccc(C)n(CC(=O)NC[C@@H]3CCCO3)c2=O)cc1. The first kappa shape index (κ1) is 19.8. The lowest BCUT2D eigenvalue weighted by atomic mass is 10.1. The maximum Gasteiger partial charge on any atom is 0.274 e. The summed E-state index contributed by atoms with van der Waals surface area (Å²) in [7, 11) is 0. The fourth-order valence-corrected chi connectivity index (χ4v) is 3.09. The van der Waals surface area contributed by atoms with Crippen molar-refractivity contribution < 1.29 is 14.3 Å². The summed E-state index contributed by atoms with van der Waals surface area (Å²) in [5, 5.41) is 5.45. The molecule has 1 fully saturated rings. The van der Waals surface area contributed by atoms with E-state index in [4.69, 9.17) is 4.74 Å². The van der Waals surface area contributed by atoms with Gasteiger partial charge in [-0.05, 0) is 51.0 Å². The molecule has 2 N–H and O–H groups in total. The lowest BCUT2D eigenvalue weighted by molar-refractivity contribution is -0.122. The van der Waals surface area contributed by atoms with Crippen LogP contribution in [0.25, 0.3) is 0 Å². The number of carbonyl (C=O) groups is 2. The summed E-state index contributed by atoms with van der Waals surface area (Å²) in [6, 6.07) is 10.3. The van der Waals surface area contributed by atoms with Crippen molar-refractivity contribution in [2.24, 2.45) is 0 Å². The van der Waals surface area contributed by atoms with E-state index in [0.29, 0.717) is 17.8 Å². The second-order valence-electron chi connectivity index (χ2n) is 7.04. The van der Waals surface area contributed by atoms with Crippen LogP contribution in [-0.2, 0) is 16.1 Å². The third kappa shape index (κ3) is 4.86. The van der Waals surface area contributed by atoms with Crippen LogP contribution >= 0.6 is 0 Å². The third-order valence-corrected chi connectivity index (χ3v) is 4.81. The summed E-state index contributed by atoms with van der Waals surface area (Å²) in [6.45, 7) is 4.74. The summed E-state index contributed by atoms with van der Waals surface area (Å²) < 4.78 is 6.84. The number of amides is 2. The molecule has 0 unspecified atom stereocenters. The number of ether oxygens (including phenoxy) is 1. The van der Waals surface area contributed by atoms with Crippen LogP contribution in [0, 0.1) is 13.8 Å². The normalized spacial score (nSPS) is 16.0. The van der Waals surface area contributed by atoms with Gasteiger partial charge in [0.1, 0.15) is 12.2 Å². The van der Waals surface area contributed by atoms with Gasteiger partial charge in [-0.3, -0.25) is 14.4 Å². The molecule has 2 aromatic rings. The van der Waals surface area contributed by atoms with Crippen molar-refractivity contribution in [1.29, 1.82) is 0 Å². The zero-order valence-corrected chi connectivity index (χ0v) is 16.2. The zero-order valence-electron chi connectivity index (χ0n) is 16.2. The molecule has 0 bridgehead atoms. The van der Waals surface area contributed by atoms with Crippen molar-refractivity contribution in [1.82, 2.24) is 9.88 Å².